The number of aliphatic hydroxyl groups is 1. The summed E-state index contributed by atoms with van der Waals surface area (Å²) in [5.74, 6) is 1.08. The van der Waals surface area contributed by atoms with E-state index in [1.165, 1.54) is 12.1 Å². The Hall–Kier alpha value is -2.94. The predicted molar refractivity (Wildman–Crippen MR) is 95.5 cm³/mol. The molecular weight excluding hydrogens is 377 g/mol. The van der Waals surface area contributed by atoms with Gasteiger partial charge in [-0.25, -0.2) is 4.79 Å². The predicted octanol–water partition coefficient (Wildman–Crippen LogP) is 3.72. The third-order valence-corrected chi connectivity index (χ3v) is 4.19. The molecule has 2 aromatic carbocycles. The van der Waals surface area contributed by atoms with Gasteiger partial charge in [-0.15, -0.1) is 0 Å². The standard InChI is InChI=1S/C19H19F3N2O4/c1-11(17(25)12-5-6-15-16(9-12)28-8-7-27-15)23-18(26)24-14-4-2-3-13(10-14)19(20,21)22/h2-6,9-11,17,25H,7-8H2,1H3,(H2,23,24,26)/t11?,17-/m0/s1. The Balaban J connectivity index is 1.62. The number of ether oxygens (including phenoxy) is 2. The fourth-order valence-corrected chi connectivity index (χ4v) is 2.76. The van der Waals surface area contributed by atoms with Crippen LogP contribution in [-0.2, 0) is 6.18 Å². The van der Waals surface area contributed by atoms with E-state index in [2.05, 4.69) is 10.6 Å². The monoisotopic (exact) mass is 396 g/mol. The Kier molecular flexibility index (Phi) is 5.64. The summed E-state index contributed by atoms with van der Waals surface area (Å²) in [7, 11) is 0. The second kappa shape index (κ2) is 7.97. The minimum atomic E-state index is -4.50. The molecule has 0 fully saturated rings. The van der Waals surface area contributed by atoms with Gasteiger partial charge in [0.15, 0.2) is 11.5 Å². The first-order valence-corrected chi connectivity index (χ1v) is 8.56. The molecule has 3 rings (SSSR count). The number of nitrogens with one attached hydrogen (secondary N) is 2. The molecule has 1 unspecified atom stereocenters. The summed E-state index contributed by atoms with van der Waals surface area (Å²) in [6.45, 7) is 2.43. The molecule has 28 heavy (non-hydrogen) atoms. The van der Waals surface area contributed by atoms with E-state index in [0.717, 1.165) is 12.1 Å². The third kappa shape index (κ3) is 4.66. The van der Waals surface area contributed by atoms with Crippen LogP contribution in [0.3, 0.4) is 0 Å². The lowest BCUT2D eigenvalue weighted by Gasteiger charge is -2.23. The molecule has 150 valence electrons. The summed E-state index contributed by atoms with van der Waals surface area (Å²) >= 11 is 0. The van der Waals surface area contributed by atoms with E-state index >= 15 is 0 Å². The van der Waals surface area contributed by atoms with E-state index in [1.807, 2.05) is 0 Å². The van der Waals surface area contributed by atoms with Crippen molar-refractivity contribution in [3.8, 4) is 11.5 Å². The molecule has 2 atom stereocenters. The van der Waals surface area contributed by atoms with Crippen molar-refractivity contribution in [3.63, 3.8) is 0 Å². The van der Waals surface area contributed by atoms with E-state index in [-0.39, 0.29) is 5.69 Å². The maximum Gasteiger partial charge on any atom is 0.416 e. The van der Waals surface area contributed by atoms with Crippen LogP contribution in [0.15, 0.2) is 42.5 Å². The topological polar surface area (TPSA) is 79.8 Å². The number of benzene rings is 2. The number of halogens is 3. The third-order valence-electron chi connectivity index (χ3n) is 4.19. The van der Waals surface area contributed by atoms with Crippen molar-refractivity contribution in [2.75, 3.05) is 18.5 Å². The number of carbonyl (C=O) groups is 1. The number of hydrogen-bond donors (Lipinski definition) is 3. The van der Waals surface area contributed by atoms with Gasteiger partial charge in [0, 0.05) is 5.69 Å². The highest BCUT2D eigenvalue weighted by molar-refractivity contribution is 5.89. The van der Waals surface area contributed by atoms with Gasteiger partial charge in [0.25, 0.3) is 0 Å². The van der Waals surface area contributed by atoms with Crippen molar-refractivity contribution in [2.45, 2.75) is 25.2 Å². The van der Waals surface area contributed by atoms with Crippen LogP contribution in [0, 0.1) is 0 Å². The summed E-state index contributed by atoms with van der Waals surface area (Å²) in [6, 6.07) is 7.80. The normalized spacial score (nSPS) is 15.5. The second-order valence-corrected chi connectivity index (χ2v) is 6.31. The van der Waals surface area contributed by atoms with Crippen LogP contribution < -0.4 is 20.1 Å². The maximum absolute atomic E-state index is 12.7. The van der Waals surface area contributed by atoms with Crippen molar-refractivity contribution in [1.82, 2.24) is 5.32 Å². The number of urea groups is 1. The average Bonchev–Trinajstić information content (AvgIpc) is 2.66. The molecule has 0 bridgehead atoms. The largest absolute Gasteiger partial charge is 0.486 e. The van der Waals surface area contributed by atoms with Gasteiger partial charge in [0.1, 0.15) is 13.2 Å². The lowest BCUT2D eigenvalue weighted by Crippen LogP contribution is -2.39. The van der Waals surface area contributed by atoms with Gasteiger partial charge in [0.05, 0.1) is 17.7 Å². The molecule has 0 aliphatic carbocycles. The molecule has 9 heteroatoms. The highest BCUT2D eigenvalue weighted by atomic mass is 19.4. The van der Waals surface area contributed by atoms with Crippen LogP contribution in [-0.4, -0.2) is 30.4 Å². The van der Waals surface area contributed by atoms with Crippen molar-refractivity contribution >= 4 is 11.7 Å². The average molecular weight is 396 g/mol. The Labute approximate surface area is 159 Å². The molecule has 1 aliphatic heterocycles. The van der Waals surface area contributed by atoms with Gasteiger partial charge in [0.2, 0.25) is 0 Å². The smallest absolute Gasteiger partial charge is 0.416 e. The van der Waals surface area contributed by atoms with E-state index in [1.54, 1.807) is 25.1 Å². The zero-order chi connectivity index (χ0) is 20.3. The van der Waals surface area contributed by atoms with E-state index in [9.17, 15) is 23.1 Å². The van der Waals surface area contributed by atoms with Crippen LogP contribution in [0.5, 0.6) is 11.5 Å². The number of aliphatic hydroxyl groups excluding tert-OH is 1. The molecule has 6 nitrogen and oxygen atoms in total. The Morgan fingerprint density at radius 2 is 1.82 bits per heavy atom. The van der Waals surface area contributed by atoms with Gasteiger partial charge in [-0.05, 0) is 42.8 Å². The van der Waals surface area contributed by atoms with Gasteiger partial charge >= 0.3 is 12.2 Å². The fraction of sp³-hybridized carbons (Fsp3) is 0.316. The number of fused-ring (bicyclic) bond motifs is 1. The molecule has 0 aromatic heterocycles. The number of hydrogen-bond acceptors (Lipinski definition) is 4. The second-order valence-electron chi connectivity index (χ2n) is 6.31. The quantitative estimate of drug-likeness (QED) is 0.736. The summed E-state index contributed by atoms with van der Waals surface area (Å²) in [5, 5.41) is 15.3. The number of carbonyl (C=O) groups excluding carboxylic acids is 1. The van der Waals surface area contributed by atoms with Crippen molar-refractivity contribution < 1.29 is 32.5 Å². The first-order valence-electron chi connectivity index (χ1n) is 8.56. The van der Waals surface area contributed by atoms with Gasteiger partial charge in [-0.3, -0.25) is 0 Å². The van der Waals surface area contributed by atoms with Gasteiger partial charge in [-0.2, -0.15) is 13.2 Å². The van der Waals surface area contributed by atoms with Crippen LogP contribution in [0.1, 0.15) is 24.2 Å². The highest BCUT2D eigenvalue weighted by Gasteiger charge is 2.30. The maximum atomic E-state index is 12.7. The Bertz CT molecular complexity index is 857. The molecule has 0 saturated heterocycles. The number of amides is 2. The van der Waals surface area contributed by atoms with E-state index in [4.69, 9.17) is 9.47 Å². The number of rotatable bonds is 4. The van der Waals surface area contributed by atoms with Crippen LogP contribution >= 0.6 is 0 Å². The molecule has 2 amide bonds. The number of alkyl halides is 3. The summed E-state index contributed by atoms with van der Waals surface area (Å²) in [4.78, 5) is 12.1. The SMILES string of the molecule is CC(NC(=O)Nc1cccc(C(F)(F)F)c1)[C@H](O)c1ccc2c(c1)OCCO2. The van der Waals surface area contributed by atoms with Crippen LogP contribution in [0.2, 0.25) is 0 Å². The molecule has 0 radical (unpaired) electrons. The number of anilines is 1. The lowest BCUT2D eigenvalue weighted by molar-refractivity contribution is -0.137. The summed E-state index contributed by atoms with van der Waals surface area (Å²) in [6.07, 6.45) is -5.56. The van der Waals surface area contributed by atoms with Crippen LogP contribution in [0.4, 0.5) is 23.7 Å². The summed E-state index contributed by atoms with van der Waals surface area (Å²) in [5.41, 5.74) is -0.362. The van der Waals surface area contributed by atoms with E-state index in [0.29, 0.717) is 30.3 Å². The highest BCUT2D eigenvalue weighted by Crippen LogP contribution is 2.33. The zero-order valence-electron chi connectivity index (χ0n) is 14.9. The Morgan fingerprint density at radius 3 is 2.54 bits per heavy atom. The minimum absolute atomic E-state index is 0.00616. The molecule has 3 N–H and O–H groups in total. The van der Waals surface area contributed by atoms with Crippen molar-refractivity contribution in [3.05, 3.63) is 53.6 Å². The first kappa shape index (κ1) is 19.8. The molecular formula is C19H19F3N2O4. The minimum Gasteiger partial charge on any atom is -0.486 e. The Morgan fingerprint density at radius 1 is 1.11 bits per heavy atom. The van der Waals surface area contributed by atoms with E-state index < -0.39 is 29.9 Å². The van der Waals surface area contributed by atoms with Crippen molar-refractivity contribution in [2.24, 2.45) is 0 Å². The molecule has 0 spiro atoms. The molecule has 2 aromatic rings. The van der Waals surface area contributed by atoms with Gasteiger partial charge in [-0.1, -0.05) is 12.1 Å². The fourth-order valence-electron chi connectivity index (χ4n) is 2.76. The van der Waals surface area contributed by atoms with Crippen molar-refractivity contribution in [1.29, 1.82) is 0 Å². The van der Waals surface area contributed by atoms with Crippen LogP contribution in [0.25, 0.3) is 0 Å². The first-order chi connectivity index (χ1) is 13.2. The molecule has 0 saturated carbocycles. The molecule has 1 aliphatic rings. The molecule has 1 heterocycles. The zero-order valence-corrected chi connectivity index (χ0v) is 14.9. The van der Waals surface area contributed by atoms with Gasteiger partial charge < -0.3 is 25.2 Å². The lowest BCUT2D eigenvalue weighted by atomic mass is 10.0. The summed E-state index contributed by atoms with van der Waals surface area (Å²) < 4.78 is 49.1.